The Morgan fingerprint density at radius 1 is 0.661 bits per heavy atom. The number of benzene rings is 1. The standard InChI is InChI=1S/C40H64N5O15PS/c1-29(46)57-22-19-54-16-13-41-37(49)27-45(28-38(50)42-14-17-55-20-23-58-30(2)47)36(40(52)43-15-18-56-21-24-59-31(3)48)25-32-5-7-33(8-6-32)26-44-39(51)34-9-11-35(12-10-34)60-61(4,53)62/h5-8,34-36H,9-28H2,1-4H3,(H,41,49)(H,42,50)(H,43,52)(H,44,51)(H,53,62)/t34?,35?,36-,61?/m1/s1. The van der Waals surface area contributed by atoms with Crippen LogP contribution in [0.25, 0.3) is 0 Å². The molecule has 0 aliphatic heterocycles. The molecule has 20 nitrogen and oxygen atoms in total. The van der Waals surface area contributed by atoms with Crippen LogP contribution < -0.4 is 21.3 Å². The van der Waals surface area contributed by atoms with Crippen molar-refractivity contribution in [3.63, 3.8) is 0 Å². The van der Waals surface area contributed by atoms with E-state index in [0.717, 1.165) is 5.56 Å². The molecule has 1 aliphatic carbocycles. The lowest BCUT2D eigenvalue weighted by molar-refractivity contribution is -0.143. The molecule has 1 saturated carbocycles. The van der Waals surface area contributed by atoms with Crippen molar-refractivity contribution in [3.05, 3.63) is 35.4 Å². The largest absolute Gasteiger partial charge is 0.463 e. The van der Waals surface area contributed by atoms with Crippen molar-refractivity contribution < 1.29 is 71.4 Å². The van der Waals surface area contributed by atoms with Gasteiger partial charge in [0.25, 0.3) is 0 Å². The molecular weight excluding hydrogens is 854 g/mol. The number of hydrogen-bond acceptors (Lipinski definition) is 16. The maximum atomic E-state index is 13.9. The van der Waals surface area contributed by atoms with Crippen LogP contribution in [0.1, 0.15) is 57.6 Å². The van der Waals surface area contributed by atoms with Gasteiger partial charge in [-0.1, -0.05) is 24.3 Å². The third-order valence-electron chi connectivity index (χ3n) is 9.03. The van der Waals surface area contributed by atoms with Crippen molar-refractivity contribution in [2.75, 3.05) is 98.9 Å². The van der Waals surface area contributed by atoms with Crippen molar-refractivity contribution in [3.8, 4) is 0 Å². The normalized spacial score (nSPS) is 16.3. The molecule has 1 aromatic rings. The average Bonchev–Trinajstić information content (AvgIpc) is 3.20. The highest BCUT2D eigenvalue weighted by Gasteiger charge is 2.31. The van der Waals surface area contributed by atoms with E-state index in [9.17, 15) is 38.5 Å². The molecule has 0 bridgehead atoms. The number of esters is 3. The summed E-state index contributed by atoms with van der Waals surface area (Å²) in [6, 6.07) is 6.25. The highest BCUT2D eigenvalue weighted by Crippen LogP contribution is 2.42. The number of rotatable bonds is 31. The summed E-state index contributed by atoms with van der Waals surface area (Å²) in [6.45, 7) is 3.39. The van der Waals surface area contributed by atoms with Crippen LogP contribution in [-0.2, 0) is 91.3 Å². The fraction of sp³-hybridized carbons (Fsp3) is 0.675. The average molecular weight is 918 g/mol. The molecule has 0 aromatic heterocycles. The summed E-state index contributed by atoms with van der Waals surface area (Å²) in [4.78, 5) is 97.7. The number of hydrogen-bond donors (Lipinski definition) is 5. The highest BCUT2D eigenvalue weighted by molar-refractivity contribution is 8.09. The number of amides is 4. The molecule has 2 rings (SSSR count). The van der Waals surface area contributed by atoms with Crippen LogP contribution in [0.2, 0.25) is 0 Å². The predicted molar refractivity (Wildman–Crippen MR) is 228 cm³/mol. The van der Waals surface area contributed by atoms with Crippen molar-refractivity contribution in [1.82, 2.24) is 26.2 Å². The van der Waals surface area contributed by atoms with Gasteiger partial charge < -0.3 is 59.1 Å². The maximum Gasteiger partial charge on any atom is 0.302 e. The minimum absolute atomic E-state index is 0.0519. The van der Waals surface area contributed by atoms with E-state index >= 15 is 0 Å². The summed E-state index contributed by atoms with van der Waals surface area (Å²) in [6.07, 6.45) is 2.46. The summed E-state index contributed by atoms with van der Waals surface area (Å²) in [7, 11) is 0. The van der Waals surface area contributed by atoms with Gasteiger partial charge in [-0.25, -0.2) is 0 Å². The Labute approximate surface area is 368 Å². The molecule has 1 unspecified atom stereocenters. The van der Waals surface area contributed by atoms with Gasteiger partial charge in [-0.15, -0.1) is 0 Å². The lowest BCUT2D eigenvalue weighted by Gasteiger charge is -2.30. The van der Waals surface area contributed by atoms with E-state index in [1.807, 2.05) is 24.3 Å². The number of carbonyl (C=O) groups is 7. The van der Waals surface area contributed by atoms with Gasteiger partial charge in [0.1, 0.15) is 19.8 Å². The van der Waals surface area contributed by atoms with Crippen LogP contribution in [-0.4, -0.2) is 162 Å². The second-order valence-corrected chi connectivity index (χ2v) is 18.2. The zero-order valence-corrected chi connectivity index (χ0v) is 37.9. The van der Waals surface area contributed by atoms with E-state index in [-0.39, 0.29) is 123 Å². The Bertz CT molecular complexity index is 1570. The quantitative estimate of drug-likeness (QED) is 0.0287. The van der Waals surface area contributed by atoms with E-state index in [0.29, 0.717) is 31.2 Å². The molecule has 0 saturated heterocycles. The molecule has 1 aliphatic rings. The van der Waals surface area contributed by atoms with Crippen molar-refractivity contribution in [1.29, 1.82) is 0 Å². The molecule has 22 heteroatoms. The molecule has 350 valence electrons. The van der Waals surface area contributed by atoms with Gasteiger partial charge in [-0.05, 0) is 55.0 Å². The summed E-state index contributed by atoms with van der Waals surface area (Å²) in [5.74, 6) is -3.02. The molecule has 5 N–H and O–H groups in total. The fourth-order valence-corrected chi connectivity index (χ4v) is 7.26. The van der Waals surface area contributed by atoms with E-state index in [1.54, 1.807) is 0 Å². The topological polar surface area (TPSA) is 256 Å². The first kappa shape index (κ1) is 54.1. The first-order chi connectivity index (χ1) is 29.5. The van der Waals surface area contributed by atoms with Crippen LogP contribution in [0.15, 0.2) is 24.3 Å². The zero-order valence-electron chi connectivity index (χ0n) is 36.1. The monoisotopic (exact) mass is 917 g/mol. The molecular formula is C40H64N5O15PS. The number of carbonyl (C=O) groups excluding carboxylic acids is 7. The Hall–Kier alpha value is -4.08. The van der Waals surface area contributed by atoms with Crippen LogP contribution in [0, 0.1) is 5.92 Å². The Morgan fingerprint density at radius 2 is 1.10 bits per heavy atom. The number of ether oxygens (including phenoxy) is 6. The van der Waals surface area contributed by atoms with E-state index in [2.05, 4.69) is 21.3 Å². The smallest absolute Gasteiger partial charge is 0.302 e. The van der Waals surface area contributed by atoms with E-state index in [4.69, 9.17) is 44.8 Å². The summed E-state index contributed by atoms with van der Waals surface area (Å²) in [5.41, 5.74) is 1.53. The third-order valence-corrected chi connectivity index (χ3v) is 9.97. The van der Waals surface area contributed by atoms with Gasteiger partial charge >= 0.3 is 17.9 Å². The number of nitrogens with one attached hydrogen (secondary N) is 4. The molecule has 0 heterocycles. The van der Waals surface area contributed by atoms with Gasteiger partial charge in [0, 0.05) is 59.5 Å². The molecule has 1 aromatic carbocycles. The maximum absolute atomic E-state index is 13.9. The molecule has 4 amide bonds. The van der Waals surface area contributed by atoms with Gasteiger partial charge in [-0.3, -0.25) is 38.5 Å². The number of nitrogens with zero attached hydrogens (tertiary/aromatic N) is 1. The van der Waals surface area contributed by atoms with Crippen LogP contribution in [0.4, 0.5) is 0 Å². The van der Waals surface area contributed by atoms with E-state index in [1.165, 1.54) is 32.3 Å². The highest BCUT2D eigenvalue weighted by atomic mass is 32.5. The molecule has 2 atom stereocenters. The van der Waals surface area contributed by atoms with Crippen LogP contribution in [0.5, 0.6) is 0 Å². The van der Waals surface area contributed by atoms with Gasteiger partial charge in [-0.2, -0.15) is 0 Å². The van der Waals surface area contributed by atoms with Crippen molar-refractivity contribution >= 4 is 59.8 Å². The first-order valence-corrected chi connectivity index (χ1v) is 23.7. The molecule has 0 radical (unpaired) electrons. The second kappa shape index (κ2) is 30.9. The molecule has 62 heavy (non-hydrogen) atoms. The van der Waals surface area contributed by atoms with Crippen molar-refractivity contribution in [2.45, 2.75) is 71.6 Å². The lowest BCUT2D eigenvalue weighted by Crippen LogP contribution is -2.54. The molecule has 1 fully saturated rings. The van der Waals surface area contributed by atoms with E-state index < -0.39 is 48.2 Å². The Kier molecular flexibility index (Phi) is 26.9. The van der Waals surface area contributed by atoms with Crippen LogP contribution in [0.3, 0.4) is 0 Å². The summed E-state index contributed by atoms with van der Waals surface area (Å²) >= 11 is 5.00. The third kappa shape index (κ3) is 26.4. The fourth-order valence-electron chi connectivity index (χ4n) is 6.13. The minimum atomic E-state index is -2.78. The first-order valence-electron chi connectivity index (χ1n) is 20.5. The lowest BCUT2D eigenvalue weighted by atomic mass is 9.87. The second-order valence-electron chi connectivity index (χ2n) is 14.4. The molecule has 0 spiro atoms. The van der Waals surface area contributed by atoms with Gasteiger partial charge in [0.15, 0.2) is 6.49 Å². The predicted octanol–water partition coefficient (Wildman–Crippen LogP) is 0.111. The summed E-state index contributed by atoms with van der Waals surface area (Å²) in [5, 5.41) is 11.3. The minimum Gasteiger partial charge on any atom is -0.463 e. The van der Waals surface area contributed by atoms with Crippen LogP contribution >= 0.6 is 6.49 Å². The zero-order chi connectivity index (χ0) is 45.8. The Balaban J connectivity index is 2.15. The Morgan fingerprint density at radius 3 is 1.53 bits per heavy atom. The van der Waals surface area contributed by atoms with Gasteiger partial charge in [0.2, 0.25) is 23.6 Å². The summed E-state index contributed by atoms with van der Waals surface area (Å²) < 4.78 is 36.4. The SMILES string of the molecule is CC(=O)OCCOCCNC(=O)CN(CC(=O)NCCOCCOC(C)=O)[C@H](Cc1ccc(CNC(=O)C2CCC(OP(C)(O)=S)CC2)cc1)C(=O)NCCOCCOC(C)=O. The van der Waals surface area contributed by atoms with Crippen molar-refractivity contribution in [2.24, 2.45) is 5.92 Å². The van der Waals surface area contributed by atoms with Gasteiger partial charge in [0.05, 0.1) is 64.9 Å².